The van der Waals surface area contributed by atoms with E-state index in [1.807, 2.05) is 0 Å². The fourth-order valence-electron chi connectivity index (χ4n) is 3.38. The number of carbonyl (C=O) groups is 2. The zero-order valence-electron chi connectivity index (χ0n) is 15.7. The lowest BCUT2D eigenvalue weighted by Gasteiger charge is -2.20. The number of anilines is 1. The van der Waals surface area contributed by atoms with Crippen LogP contribution in [0, 0.1) is 5.92 Å². The summed E-state index contributed by atoms with van der Waals surface area (Å²) in [4.78, 5) is 25.8. The van der Waals surface area contributed by atoms with E-state index in [2.05, 4.69) is 12.2 Å². The molecule has 0 aliphatic heterocycles. The standard InChI is InChI=1S/C20H22Cl2N2O3S/c1-3-11-4-6-13-16(8-11)28-20(17(13)18(23)25)24-19(26)10(2)27-15-7-5-12(21)9-14(15)22/h5,7,9-11H,3-4,6,8H2,1-2H3,(H2,23,25)(H,24,26). The van der Waals surface area contributed by atoms with Crippen molar-refractivity contribution in [2.45, 2.75) is 45.6 Å². The summed E-state index contributed by atoms with van der Waals surface area (Å²) >= 11 is 13.4. The fourth-order valence-corrected chi connectivity index (χ4v) is 5.20. The van der Waals surface area contributed by atoms with Gasteiger partial charge < -0.3 is 15.8 Å². The van der Waals surface area contributed by atoms with E-state index in [-0.39, 0.29) is 5.91 Å². The fraction of sp³-hybridized carbons (Fsp3) is 0.400. The normalized spacial score (nSPS) is 16.9. The zero-order chi connectivity index (χ0) is 20.4. The summed E-state index contributed by atoms with van der Waals surface area (Å²) < 4.78 is 5.66. The maximum absolute atomic E-state index is 12.7. The number of benzene rings is 1. The van der Waals surface area contributed by atoms with E-state index in [1.54, 1.807) is 25.1 Å². The summed E-state index contributed by atoms with van der Waals surface area (Å²) in [6.45, 7) is 3.78. The minimum absolute atomic E-state index is 0.321. The molecule has 0 fully saturated rings. The van der Waals surface area contributed by atoms with Crippen LogP contribution in [0.25, 0.3) is 0 Å². The van der Waals surface area contributed by atoms with Gasteiger partial charge in [-0.25, -0.2) is 0 Å². The predicted octanol–water partition coefficient (Wildman–Crippen LogP) is 5.07. The van der Waals surface area contributed by atoms with E-state index in [1.165, 1.54) is 11.3 Å². The number of nitrogens with two attached hydrogens (primary N) is 1. The Morgan fingerprint density at radius 3 is 2.79 bits per heavy atom. The Morgan fingerprint density at radius 1 is 1.39 bits per heavy atom. The van der Waals surface area contributed by atoms with Crippen LogP contribution in [0.3, 0.4) is 0 Å². The summed E-state index contributed by atoms with van der Waals surface area (Å²) in [5, 5.41) is 4.12. The van der Waals surface area contributed by atoms with E-state index in [0.29, 0.717) is 32.3 Å². The van der Waals surface area contributed by atoms with Crippen LogP contribution in [0.2, 0.25) is 10.0 Å². The first-order valence-electron chi connectivity index (χ1n) is 9.17. The van der Waals surface area contributed by atoms with Crippen molar-refractivity contribution in [2.24, 2.45) is 11.7 Å². The number of thiophene rings is 1. The second-order valence-corrected chi connectivity index (χ2v) is 8.86. The maximum Gasteiger partial charge on any atom is 0.265 e. The Labute approximate surface area is 178 Å². The van der Waals surface area contributed by atoms with Gasteiger partial charge in [-0.2, -0.15) is 0 Å². The van der Waals surface area contributed by atoms with Crippen LogP contribution < -0.4 is 15.8 Å². The van der Waals surface area contributed by atoms with Gasteiger partial charge in [-0.1, -0.05) is 36.5 Å². The van der Waals surface area contributed by atoms with Gasteiger partial charge in [0.1, 0.15) is 10.8 Å². The Balaban J connectivity index is 1.78. The maximum atomic E-state index is 12.7. The molecule has 2 atom stereocenters. The van der Waals surface area contributed by atoms with Crippen LogP contribution in [0.1, 0.15) is 47.5 Å². The second-order valence-electron chi connectivity index (χ2n) is 6.91. The van der Waals surface area contributed by atoms with Crippen molar-refractivity contribution in [1.82, 2.24) is 0 Å². The number of primary amides is 1. The highest BCUT2D eigenvalue weighted by Crippen LogP contribution is 2.40. The number of fused-ring (bicyclic) bond motifs is 1. The van der Waals surface area contributed by atoms with Crippen molar-refractivity contribution in [3.05, 3.63) is 44.2 Å². The molecule has 3 rings (SSSR count). The molecule has 5 nitrogen and oxygen atoms in total. The van der Waals surface area contributed by atoms with Gasteiger partial charge in [0.25, 0.3) is 11.8 Å². The summed E-state index contributed by atoms with van der Waals surface area (Å²) in [7, 11) is 0. The van der Waals surface area contributed by atoms with Crippen molar-refractivity contribution in [1.29, 1.82) is 0 Å². The minimum Gasteiger partial charge on any atom is -0.479 e. The molecule has 150 valence electrons. The van der Waals surface area contributed by atoms with Crippen LogP contribution in [0.15, 0.2) is 18.2 Å². The first-order valence-corrected chi connectivity index (χ1v) is 10.7. The topological polar surface area (TPSA) is 81.4 Å². The molecular weight excluding hydrogens is 419 g/mol. The molecule has 0 saturated heterocycles. The number of rotatable bonds is 6. The van der Waals surface area contributed by atoms with E-state index < -0.39 is 12.0 Å². The predicted molar refractivity (Wildman–Crippen MR) is 114 cm³/mol. The molecule has 2 aromatic rings. The van der Waals surface area contributed by atoms with Gasteiger partial charge in [0, 0.05) is 9.90 Å². The van der Waals surface area contributed by atoms with E-state index in [4.69, 9.17) is 33.7 Å². The van der Waals surface area contributed by atoms with Gasteiger partial charge in [0.15, 0.2) is 6.10 Å². The lowest BCUT2D eigenvalue weighted by Crippen LogP contribution is -2.30. The monoisotopic (exact) mass is 440 g/mol. The molecule has 2 unspecified atom stereocenters. The Morgan fingerprint density at radius 2 is 2.14 bits per heavy atom. The number of carbonyl (C=O) groups excluding carboxylic acids is 2. The van der Waals surface area contributed by atoms with E-state index in [0.717, 1.165) is 36.1 Å². The lowest BCUT2D eigenvalue weighted by molar-refractivity contribution is -0.122. The quantitative estimate of drug-likeness (QED) is 0.657. The van der Waals surface area contributed by atoms with Gasteiger partial charge in [-0.3, -0.25) is 9.59 Å². The van der Waals surface area contributed by atoms with Gasteiger partial charge in [0.05, 0.1) is 10.6 Å². The summed E-state index contributed by atoms with van der Waals surface area (Å²) in [6, 6.07) is 4.79. The highest BCUT2D eigenvalue weighted by atomic mass is 35.5. The Kier molecular flexibility index (Phi) is 6.53. The van der Waals surface area contributed by atoms with Gasteiger partial charge in [0.2, 0.25) is 0 Å². The van der Waals surface area contributed by atoms with Crippen molar-refractivity contribution in [3.8, 4) is 5.75 Å². The number of hydrogen-bond acceptors (Lipinski definition) is 4. The molecule has 0 spiro atoms. The molecule has 28 heavy (non-hydrogen) atoms. The summed E-state index contributed by atoms with van der Waals surface area (Å²) in [6.07, 6.45) is 3.03. The van der Waals surface area contributed by atoms with E-state index >= 15 is 0 Å². The summed E-state index contributed by atoms with van der Waals surface area (Å²) in [5.74, 6) is 0.0704. The number of halogens is 2. The third kappa shape index (κ3) is 4.45. The molecule has 0 saturated carbocycles. The molecule has 1 aliphatic rings. The molecule has 1 heterocycles. The van der Waals surface area contributed by atoms with Gasteiger partial charge in [-0.05, 0) is 55.9 Å². The molecule has 2 amide bonds. The van der Waals surface area contributed by atoms with Gasteiger partial charge >= 0.3 is 0 Å². The molecule has 0 radical (unpaired) electrons. The van der Waals surface area contributed by atoms with Crippen LogP contribution in [0.5, 0.6) is 5.75 Å². The van der Waals surface area contributed by atoms with Crippen LogP contribution in [-0.2, 0) is 17.6 Å². The van der Waals surface area contributed by atoms with E-state index in [9.17, 15) is 9.59 Å². The van der Waals surface area contributed by atoms with Gasteiger partial charge in [-0.15, -0.1) is 11.3 Å². The highest BCUT2D eigenvalue weighted by Gasteiger charge is 2.29. The molecule has 3 N–H and O–H groups in total. The van der Waals surface area contributed by atoms with Crippen LogP contribution in [-0.4, -0.2) is 17.9 Å². The van der Waals surface area contributed by atoms with Crippen molar-refractivity contribution >= 4 is 51.4 Å². The first kappa shape index (κ1) is 21.0. The van der Waals surface area contributed by atoms with Crippen molar-refractivity contribution in [3.63, 3.8) is 0 Å². The van der Waals surface area contributed by atoms with Crippen LogP contribution >= 0.6 is 34.5 Å². The number of hydrogen-bond donors (Lipinski definition) is 2. The van der Waals surface area contributed by atoms with Crippen molar-refractivity contribution < 1.29 is 14.3 Å². The third-order valence-electron chi connectivity index (χ3n) is 4.99. The summed E-state index contributed by atoms with van der Waals surface area (Å²) in [5.41, 5.74) is 7.02. The second kappa shape index (κ2) is 8.72. The smallest absolute Gasteiger partial charge is 0.265 e. The third-order valence-corrected chi connectivity index (χ3v) is 6.69. The molecule has 0 bridgehead atoms. The average Bonchev–Trinajstić information content (AvgIpc) is 3.00. The SMILES string of the molecule is CCC1CCc2c(sc(NC(=O)C(C)Oc3ccc(Cl)cc3Cl)c2C(N)=O)C1. The Bertz CT molecular complexity index is 913. The highest BCUT2D eigenvalue weighted by molar-refractivity contribution is 7.17. The molecule has 8 heteroatoms. The zero-order valence-corrected chi connectivity index (χ0v) is 18.0. The number of nitrogens with one attached hydrogen (secondary N) is 1. The van der Waals surface area contributed by atoms with Crippen molar-refractivity contribution in [2.75, 3.05) is 5.32 Å². The number of ether oxygens (including phenoxy) is 1. The average molecular weight is 441 g/mol. The molecule has 1 aromatic heterocycles. The van der Waals surface area contributed by atoms with Crippen LogP contribution in [0.4, 0.5) is 5.00 Å². The minimum atomic E-state index is -0.818. The number of amides is 2. The lowest BCUT2D eigenvalue weighted by atomic mass is 9.85. The molecular formula is C20H22Cl2N2O3S. The molecule has 1 aliphatic carbocycles. The molecule has 1 aromatic carbocycles. The first-order chi connectivity index (χ1) is 13.3. The Hall–Kier alpha value is -1.76. The largest absolute Gasteiger partial charge is 0.479 e.